The number of rotatable bonds is 2. The molecular formula is C17H26O3. The van der Waals surface area contributed by atoms with Crippen molar-refractivity contribution in [2.75, 3.05) is 0 Å². The Kier molecular flexibility index (Phi) is 4.62. The van der Waals surface area contributed by atoms with Crippen LogP contribution in [0.4, 0.5) is 0 Å². The van der Waals surface area contributed by atoms with Crippen molar-refractivity contribution in [3.8, 4) is 0 Å². The fourth-order valence-corrected chi connectivity index (χ4v) is 2.27. The van der Waals surface area contributed by atoms with Crippen LogP contribution in [0.15, 0.2) is 23.8 Å². The summed E-state index contributed by atoms with van der Waals surface area (Å²) in [6.45, 7) is 15.1. The van der Waals surface area contributed by atoms with Crippen LogP contribution in [0, 0.1) is 10.8 Å². The number of ketones is 1. The van der Waals surface area contributed by atoms with Crippen LogP contribution >= 0.6 is 0 Å². The van der Waals surface area contributed by atoms with Gasteiger partial charge in [-0.05, 0) is 40.2 Å². The zero-order valence-electron chi connectivity index (χ0n) is 13.5. The van der Waals surface area contributed by atoms with Gasteiger partial charge in [-0.25, -0.2) is 0 Å². The van der Waals surface area contributed by atoms with Crippen molar-refractivity contribution in [3.05, 3.63) is 23.8 Å². The number of Topliss-reactive ketones (excluding diaryl/α,β-unsaturated/α-hetero) is 1. The number of ether oxygens (including phenoxy) is 1. The first-order valence-electron chi connectivity index (χ1n) is 7.05. The van der Waals surface area contributed by atoms with E-state index >= 15 is 0 Å². The van der Waals surface area contributed by atoms with Crippen LogP contribution in [0.3, 0.4) is 0 Å². The van der Waals surface area contributed by atoms with Crippen molar-refractivity contribution in [2.45, 2.75) is 60.5 Å². The monoisotopic (exact) mass is 278 g/mol. The van der Waals surface area contributed by atoms with Crippen molar-refractivity contribution in [3.63, 3.8) is 0 Å². The van der Waals surface area contributed by atoms with Crippen LogP contribution in [0.5, 0.6) is 0 Å². The van der Waals surface area contributed by atoms with Crippen molar-refractivity contribution in [1.82, 2.24) is 0 Å². The van der Waals surface area contributed by atoms with Gasteiger partial charge in [0.2, 0.25) is 0 Å². The summed E-state index contributed by atoms with van der Waals surface area (Å²) in [5.41, 5.74) is 0.750. The Morgan fingerprint density at radius 1 is 1.40 bits per heavy atom. The van der Waals surface area contributed by atoms with E-state index in [1.807, 2.05) is 41.5 Å². The molecule has 0 saturated heterocycles. The Balaban J connectivity index is 3.07. The van der Waals surface area contributed by atoms with Gasteiger partial charge >= 0.3 is 5.97 Å². The lowest BCUT2D eigenvalue weighted by Gasteiger charge is -2.40. The third-order valence-corrected chi connectivity index (χ3v) is 3.93. The predicted molar refractivity (Wildman–Crippen MR) is 80.3 cm³/mol. The summed E-state index contributed by atoms with van der Waals surface area (Å²) in [6.07, 6.45) is 2.24. The third kappa shape index (κ3) is 3.38. The minimum atomic E-state index is -0.547. The summed E-state index contributed by atoms with van der Waals surface area (Å²) < 4.78 is 5.69. The zero-order chi connectivity index (χ0) is 15.7. The van der Waals surface area contributed by atoms with Crippen LogP contribution in [-0.4, -0.2) is 17.9 Å². The number of hydrogen-bond donors (Lipinski definition) is 0. The molecule has 0 heterocycles. The summed E-state index contributed by atoms with van der Waals surface area (Å²) in [6, 6.07) is 0. The highest BCUT2D eigenvalue weighted by molar-refractivity contribution is 5.97. The minimum Gasteiger partial charge on any atom is -0.461 e. The second-order valence-corrected chi connectivity index (χ2v) is 7.14. The molecule has 0 aliphatic heterocycles. The standard InChI is InChI=1S/C17H26O3/c1-8-17(7)10-13(18)12(11(2)3)9-14(17)20-15(19)16(4,5)6/h8,14H,1,9-10H2,2-7H3/t14-,17-/m0/s1. The molecule has 1 fully saturated rings. The number of esters is 1. The zero-order valence-corrected chi connectivity index (χ0v) is 13.5. The van der Waals surface area contributed by atoms with Gasteiger partial charge < -0.3 is 4.74 Å². The quantitative estimate of drug-likeness (QED) is 0.438. The highest BCUT2D eigenvalue weighted by Gasteiger charge is 2.43. The first-order valence-corrected chi connectivity index (χ1v) is 7.05. The molecule has 1 saturated carbocycles. The highest BCUT2D eigenvalue weighted by Crippen LogP contribution is 2.41. The van der Waals surface area contributed by atoms with E-state index < -0.39 is 10.8 Å². The van der Waals surface area contributed by atoms with E-state index in [1.54, 1.807) is 6.08 Å². The summed E-state index contributed by atoms with van der Waals surface area (Å²) in [5.74, 6) is -0.103. The van der Waals surface area contributed by atoms with Gasteiger partial charge in [0.15, 0.2) is 5.78 Å². The Morgan fingerprint density at radius 2 is 1.95 bits per heavy atom. The molecule has 1 rings (SSSR count). The SMILES string of the molecule is C=C[C@@]1(C)CC(=O)C(=C(C)C)C[C@@H]1OC(=O)C(C)(C)C. The van der Waals surface area contributed by atoms with Crippen molar-refractivity contribution in [2.24, 2.45) is 10.8 Å². The minimum absolute atomic E-state index is 0.135. The highest BCUT2D eigenvalue weighted by atomic mass is 16.5. The third-order valence-electron chi connectivity index (χ3n) is 3.93. The molecule has 0 aromatic heterocycles. The lowest BCUT2D eigenvalue weighted by molar-refractivity contribution is -0.165. The molecule has 0 unspecified atom stereocenters. The first kappa shape index (κ1) is 16.7. The van der Waals surface area contributed by atoms with Crippen LogP contribution in [-0.2, 0) is 14.3 Å². The van der Waals surface area contributed by atoms with Gasteiger partial charge in [-0.15, -0.1) is 6.58 Å². The average molecular weight is 278 g/mol. The maximum absolute atomic E-state index is 12.2. The molecule has 2 atom stereocenters. The summed E-state index contributed by atoms with van der Waals surface area (Å²) in [4.78, 5) is 24.3. The molecule has 0 aromatic carbocycles. The van der Waals surface area contributed by atoms with Crippen molar-refractivity contribution >= 4 is 11.8 Å². The molecule has 3 nitrogen and oxygen atoms in total. The summed E-state index contributed by atoms with van der Waals surface area (Å²) in [5, 5.41) is 0. The first-order chi connectivity index (χ1) is 9.01. The fraction of sp³-hybridized carbons (Fsp3) is 0.647. The van der Waals surface area contributed by atoms with E-state index in [1.165, 1.54) is 0 Å². The van der Waals surface area contributed by atoms with E-state index in [2.05, 4.69) is 6.58 Å². The van der Waals surface area contributed by atoms with Gasteiger partial charge in [-0.1, -0.05) is 18.6 Å². The van der Waals surface area contributed by atoms with Crippen molar-refractivity contribution < 1.29 is 14.3 Å². The van der Waals surface area contributed by atoms with Crippen LogP contribution in [0.1, 0.15) is 54.4 Å². The maximum atomic E-state index is 12.2. The lowest BCUT2D eigenvalue weighted by Crippen LogP contribution is -2.43. The normalized spacial score (nSPS) is 27.2. The fourth-order valence-electron chi connectivity index (χ4n) is 2.27. The number of carbonyl (C=O) groups excluding carboxylic acids is 2. The number of carbonyl (C=O) groups is 2. The van der Waals surface area contributed by atoms with Gasteiger partial charge in [-0.3, -0.25) is 9.59 Å². The molecule has 0 N–H and O–H groups in total. The van der Waals surface area contributed by atoms with Gasteiger partial charge in [0.25, 0.3) is 0 Å². The molecule has 112 valence electrons. The Hall–Kier alpha value is -1.38. The second kappa shape index (κ2) is 5.55. The predicted octanol–water partition coefficient (Wildman–Crippen LogP) is 3.84. The van der Waals surface area contributed by atoms with Crippen molar-refractivity contribution in [1.29, 1.82) is 0 Å². The lowest BCUT2D eigenvalue weighted by atomic mass is 9.70. The molecular weight excluding hydrogens is 252 g/mol. The molecule has 1 aliphatic rings. The number of hydrogen-bond acceptors (Lipinski definition) is 3. The molecule has 0 amide bonds. The van der Waals surface area contributed by atoms with Gasteiger partial charge in [0, 0.05) is 18.3 Å². The van der Waals surface area contributed by atoms with E-state index in [0.29, 0.717) is 12.8 Å². The Labute approximate surface area is 122 Å². The Bertz CT molecular complexity index is 461. The maximum Gasteiger partial charge on any atom is 0.311 e. The van der Waals surface area contributed by atoms with Gasteiger partial charge in [0.1, 0.15) is 6.10 Å². The largest absolute Gasteiger partial charge is 0.461 e. The van der Waals surface area contributed by atoms with Gasteiger partial charge in [-0.2, -0.15) is 0 Å². The van der Waals surface area contributed by atoms with Gasteiger partial charge in [0.05, 0.1) is 5.41 Å². The molecule has 20 heavy (non-hydrogen) atoms. The molecule has 0 radical (unpaired) electrons. The van der Waals surface area contributed by atoms with Crippen LogP contribution in [0.25, 0.3) is 0 Å². The van der Waals surface area contributed by atoms with E-state index in [9.17, 15) is 9.59 Å². The van der Waals surface area contributed by atoms with E-state index in [0.717, 1.165) is 11.1 Å². The molecule has 0 bridgehead atoms. The summed E-state index contributed by atoms with van der Waals surface area (Å²) in [7, 11) is 0. The Morgan fingerprint density at radius 3 is 2.35 bits per heavy atom. The topological polar surface area (TPSA) is 43.4 Å². The second-order valence-electron chi connectivity index (χ2n) is 7.14. The van der Waals surface area contributed by atoms with Crippen LogP contribution < -0.4 is 0 Å². The van der Waals surface area contributed by atoms with E-state index in [4.69, 9.17) is 4.74 Å². The molecule has 0 aromatic rings. The van der Waals surface area contributed by atoms with Crippen LogP contribution in [0.2, 0.25) is 0 Å². The molecule has 0 spiro atoms. The smallest absolute Gasteiger partial charge is 0.311 e. The van der Waals surface area contributed by atoms with E-state index in [-0.39, 0.29) is 17.9 Å². The number of allylic oxidation sites excluding steroid dienone is 1. The summed E-state index contributed by atoms with van der Waals surface area (Å²) >= 11 is 0. The molecule has 3 heteroatoms. The molecule has 1 aliphatic carbocycles. The average Bonchev–Trinajstić information content (AvgIpc) is 2.30.